The molecule has 102 valence electrons. The summed E-state index contributed by atoms with van der Waals surface area (Å²) in [6.45, 7) is 4.17. The Bertz CT molecular complexity index is 508. The van der Waals surface area contributed by atoms with E-state index in [1.807, 2.05) is 38.1 Å². The third kappa shape index (κ3) is 3.54. The zero-order valence-electron chi connectivity index (χ0n) is 11.2. The van der Waals surface area contributed by atoms with Gasteiger partial charge in [-0.05, 0) is 24.1 Å². The van der Waals surface area contributed by atoms with Crippen LogP contribution in [0.25, 0.3) is 0 Å². The lowest BCUT2D eigenvalue weighted by Crippen LogP contribution is -1.99. The summed E-state index contributed by atoms with van der Waals surface area (Å²) in [6.07, 6.45) is 0.998. The zero-order valence-corrected chi connectivity index (χ0v) is 11.2. The van der Waals surface area contributed by atoms with Crippen LogP contribution in [-0.2, 0) is 13.0 Å². The molecule has 1 aromatic heterocycles. The van der Waals surface area contributed by atoms with Gasteiger partial charge >= 0.3 is 0 Å². The Morgan fingerprint density at radius 3 is 2.58 bits per heavy atom. The first kappa shape index (κ1) is 13.5. The van der Waals surface area contributed by atoms with E-state index in [4.69, 9.17) is 9.26 Å². The molecule has 0 aliphatic rings. The summed E-state index contributed by atoms with van der Waals surface area (Å²) < 4.78 is 10.5. The van der Waals surface area contributed by atoms with E-state index >= 15 is 0 Å². The van der Waals surface area contributed by atoms with Crippen molar-refractivity contribution in [1.29, 1.82) is 0 Å². The number of aryl methyl sites for hydroxylation is 1. The number of benzene rings is 1. The van der Waals surface area contributed by atoms with Gasteiger partial charge in [0.05, 0.1) is 6.10 Å². The normalized spacial score (nSPS) is 12.4. The molecule has 19 heavy (non-hydrogen) atoms. The number of rotatable bonds is 6. The van der Waals surface area contributed by atoms with E-state index < -0.39 is 6.10 Å². The van der Waals surface area contributed by atoms with E-state index in [0.717, 1.165) is 17.7 Å². The molecule has 1 atom stereocenters. The van der Waals surface area contributed by atoms with E-state index in [1.54, 1.807) is 0 Å². The number of hydrogen-bond acceptors (Lipinski definition) is 5. The largest absolute Gasteiger partial charge is 0.485 e. The molecule has 2 aromatic rings. The highest BCUT2D eigenvalue weighted by Gasteiger charge is 2.07. The Balaban J connectivity index is 1.92. The third-order valence-electron chi connectivity index (χ3n) is 2.83. The van der Waals surface area contributed by atoms with Gasteiger partial charge in [-0.15, -0.1) is 0 Å². The van der Waals surface area contributed by atoms with Gasteiger partial charge in [0.25, 0.3) is 0 Å². The molecule has 1 aromatic carbocycles. The third-order valence-corrected chi connectivity index (χ3v) is 2.83. The van der Waals surface area contributed by atoms with Gasteiger partial charge in [0, 0.05) is 6.42 Å². The smallest absolute Gasteiger partial charge is 0.226 e. The van der Waals surface area contributed by atoms with Crippen LogP contribution in [0.2, 0.25) is 0 Å². The van der Waals surface area contributed by atoms with Crippen molar-refractivity contribution in [3.05, 3.63) is 41.5 Å². The molecular formula is C14H18N2O3. The molecule has 2 rings (SSSR count). The maximum Gasteiger partial charge on any atom is 0.226 e. The van der Waals surface area contributed by atoms with Crippen LogP contribution in [-0.4, -0.2) is 15.2 Å². The Kier molecular flexibility index (Phi) is 4.52. The van der Waals surface area contributed by atoms with Crippen molar-refractivity contribution in [3.8, 4) is 5.75 Å². The minimum absolute atomic E-state index is 0.277. The first-order chi connectivity index (χ1) is 9.22. The number of aliphatic hydroxyl groups is 1. The van der Waals surface area contributed by atoms with Crippen LogP contribution in [0, 0.1) is 0 Å². The first-order valence-corrected chi connectivity index (χ1v) is 6.45. The van der Waals surface area contributed by atoms with E-state index in [-0.39, 0.29) is 6.61 Å². The van der Waals surface area contributed by atoms with Crippen LogP contribution in [0.1, 0.15) is 43.7 Å². The molecule has 0 fully saturated rings. The highest BCUT2D eigenvalue weighted by atomic mass is 16.5. The second kappa shape index (κ2) is 6.33. The first-order valence-electron chi connectivity index (χ1n) is 6.45. The second-order valence-corrected chi connectivity index (χ2v) is 4.24. The van der Waals surface area contributed by atoms with Gasteiger partial charge in [-0.2, -0.15) is 4.98 Å². The average molecular weight is 262 g/mol. The molecule has 0 amide bonds. The van der Waals surface area contributed by atoms with Crippen LogP contribution in [0.4, 0.5) is 0 Å². The molecule has 0 saturated carbocycles. The van der Waals surface area contributed by atoms with E-state index in [9.17, 15) is 5.11 Å². The molecule has 1 N–H and O–H groups in total. The van der Waals surface area contributed by atoms with Gasteiger partial charge < -0.3 is 14.4 Å². The van der Waals surface area contributed by atoms with Crippen molar-refractivity contribution < 1.29 is 14.4 Å². The Hall–Kier alpha value is -1.88. The van der Waals surface area contributed by atoms with Gasteiger partial charge in [-0.1, -0.05) is 31.1 Å². The standard InChI is InChI=1S/C14H18N2O3/c1-3-12(17)10-5-7-11(8-6-10)18-9-13-15-14(4-2)19-16-13/h5-8,12,17H,3-4,9H2,1-2H3. The lowest BCUT2D eigenvalue weighted by molar-refractivity contribution is 0.173. The van der Waals surface area contributed by atoms with Crippen molar-refractivity contribution in [2.45, 2.75) is 39.4 Å². The Morgan fingerprint density at radius 1 is 1.26 bits per heavy atom. The maximum absolute atomic E-state index is 9.68. The molecule has 0 spiro atoms. The van der Waals surface area contributed by atoms with Crippen molar-refractivity contribution in [2.75, 3.05) is 0 Å². The number of ether oxygens (including phenoxy) is 1. The number of aliphatic hydroxyl groups excluding tert-OH is 1. The van der Waals surface area contributed by atoms with E-state index in [2.05, 4.69) is 10.1 Å². The van der Waals surface area contributed by atoms with Gasteiger partial charge in [0.1, 0.15) is 5.75 Å². The van der Waals surface area contributed by atoms with Crippen LogP contribution >= 0.6 is 0 Å². The van der Waals surface area contributed by atoms with Crippen molar-refractivity contribution in [2.24, 2.45) is 0 Å². The van der Waals surface area contributed by atoms with Gasteiger partial charge in [-0.3, -0.25) is 0 Å². The monoisotopic (exact) mass is 262 g/mol. The second-order valence-electron chi connectivity index (χ2n) is 4.24. The highest BCUT2D eigenvalue weighted by Crippen LogP contribution is 2.20. The number of aromatic nitrogens is 2. The van der Waals surface area contributed by atoms with Crippen LogP contribution < -0.4 is 4.74 Å². The fourth-order valence-corrected chi connectivity index (χ4v) is 1.66. The van der Waals surface area contributed by atoms with Crippen LogP contribution in [0.5, 0.6) is 5.75 Å². The van der Waals surface area contributed by atoms with Crippen molar-refractivity contribution >= 4 is 0 Å². The quantitative estimate of drug-likeness (QED) is 0.866. The van der Waals surface area contributed by atoms with Crippen LogP contribution in [0.15, 0.2) is 28.8 Å². The number of hydrogen-bond donors (Lipinski definition) is 1. The summed E-state index contributed by atoms with van der Waals surface area (Å²) in [5.41, 5.74) is 0.891. The lowest BCUT2D eigenvalue weighted by Gasteiger charge is -2.09. The minimum atomic E-state index is -0.418. The molecule has 5 heteroatoms. The van der Waals surface area contributed by atoms with Gasteiger partial charge in [-0.25, -0.2) is 0 Å². The molecule has 0 radical (unpaired) electrons. The lowest BCUT2D eigenvalue weighted by atomic mass is 10.1. The molecule has 1 heterocycles. The highest BCUT2D eigenvalue weighted by molar-refractivity contribution is 5.28. The topological polar surface area (TPSA) is 68.4 Å². The average Bonchev–Trinajstić information content (AvgIpc) is 2.93. The van der Waals surface area contributed by atoms with Gasteiger partial charge in [0.2, 0.25) is 11.7 Å². The fourth-order valence-electron chi connectivity index (χ4n) is 1.66. The molecule has 0 aliphatic heterocycles. The summed E-state index contributed by atoms with van der Waals surface area (Å²) in [4.78, 5) is 4.16. The summed E-state index contributed by atoms with van der Waals surface area (Å²) >= 11 is 0. The summed E-state index contributed by atoms with van der Waals surface area (Å²) in [7, 11) is 0. The number of nitrogens with zero attached hydrogens (tertiary/aromatic N) is 2. The zero-order chi connectivity index (χ0) is 13.7. The summed E-state index contributed by atoms with van der Waals surface area (Å²) in [5, 5.41) is 13.5. The van der Waals surface area contributed by atoms with Crippen molar-refractivity contribution in [3.63, 3.8) is 0 Å². The summed E-state index contributed by atoms with van der Waals surface area (Å²) in [6, 6.07) is 7.37. The van der Waals surface area contributed by atoms with Crippen molar-refractivity contribution in [1.82, 2.24) is 10.1 Å². The molecule has 0 bridgehead atoms. The van der Waals surface area contributed by atoms with E-state index in [1.165, 1.54) is 0 Å². The molecule has 0 saturated heterocycles. The molecular weight excluding hydrogens is 244 g/mol. The Labute approximate surface area is 112 Å². The molecule has 1 unspecified atom stereocenters. The summed E-state index contributed by atoms with van der Waals surface area (Å²) in [5.74, 6) is 1.87. The van der Waals surface area contributed by atoms with E-state index in [0.29, 0.717) is 18.1 Å². The fraction of sp³-hybridized carbons (Fsp3) is 0.429. The van der Waals surface area contributed by atoms with Crippen LogP contribution in [0.3, 0.4) is 0 Å². The Morgan fingerprint density at radius 2 is 2.00 bits per heavy atom. The predicted octanol–water partition coefficient (Wildman–Crippen LogP) is 2.65. The SMILES string of the molecule is CCc1nc(COc2ccc(C(O)CC)cc2)no1. The minimum Gasteiger partial charge on any atom is -0.485 e. The molecule has 5 nitrogen and oxygen atoms in total. The predicted molar refractivity (Wildman–Crippen MR) is 69.7 cm³/mol. The van der Waals surface area contributed by atoms with Gasteiger partial charge in [0.15, 0.2) is 6.61 Å². The molecule has 0 aliphatic carbocycles. The maximum atomic E-state index is 9.68.